The zero-order valence-electron chi connectivity index (χ0n) is 17.3. The van der Waals surface area contributed by atoms with Gasteiger partial charge in [0.25, 0.3) is 5.91 Å². The van der Waals surface area contributed by atoms with Gasteiger partial charge in [-0.2, -0.15) is 0 Å². The fourth-order valence-corrected chi connectivity index (χ4v) is 3.75. The van der Waals surface area contributed by atoms with Gasteiger partial charge in [-0.05, 0) is 24.1 Å². The number of carbonyl (C=O) groups excluding carboxylic acids is 2. The predicted octanol–water partition coefficient (Wildman–Crippen LogP) is 2.92. The van der Waals surface area contributed by atoms with Gasteiger partial charge in [0.15, 0.2) is 17.3 Å². The zero-order chi connectivity index (χ0) is 21.0. The quantitative estimate of drug-likeness (QED) is 0.773. The molecule has 0 unspecified atom stereocenters. The normalized spacial score (nSPS) is 18.7. The van der Waals surface area contributed by atoms with Crippen LogP contribution in [0.15, 0.2) is 41.0 Å². The number of nitrogens with zero attached hydrogens (tertiary/aromatic N) is 1. The van der Waals surface area contributed by atoms with E-state index in [2.05, 4.69) is 5.32 Å². The summed E-state index contributed by atoms with van der Waals surface area (Å²) in [5.74, 6) is 0.899. The number of likely N-dealkylation sites (tertiary alicyclic amines) is 1. The van der Waals surface area contributed by atoms with Gasteiger partial charge in [0.1, 0.15) is 0 Å². The van der Waals surface area contributed by atoms with E-state index < -0.39 is 5.92 Å². The van der Waals surface area contributed by atoms with Gasteiger partial charge in [0.2, 0.25) is 5.91 Å². The van der Waals surface area contributed by atoms with E-state index in [1.54, 1.807) is 31.3 Å². The molecule has 2 atom stereocenters. The zero-order valence-corrected chi connectivity index (χ0v) is 17.3. The van der Waals surface area contributed by atoms with E-state index in [1.807, 2.05) is 32.0 Å². The van der Waals surface area contributed by atoms with E-state index in [0.717, 1.165) is 5.56 Å². The lowest BCUT2D eigenvalue weighted by atomic mass is 9.87. The van der Waals surface area contributed by atoms with E-state index in [9.17, 15) is 9.59 Å². The van der Waals surface area contributed by atoms with Crippen LogP contribution in [0.2, 0.25) is 0 Å². The van der Waals surface area contributed by atoms with Crippen LogP contribution in [0.5, 0.6) is 11.5 Å². The van der Waals surface area contributed by atoms with Crippen LogP contribution in [0.4, 0.5) is 0 Å². The number of nitrogens with one attached hydrogen (secondary N) is 1. The maximum Gasteiger partial charge on any atom is 0.289 e. The van der Waals surface area contributed by atoms with E-state index in [-0.39, 0.29) is 23.5 Å². The van der Waals surface area contributed by atoms with Crippen LogP contribution in [0.1, 0.15) is 35.9 Å². The highest BCUT2D eigenvalue weighted by molar-refractivity contribution is 5.93. The van der Waals surface area contributed by atoms with Crippen molar-refractivity contribution in [2.24, 2.45) is 11.8 Å². The van der Waals surface area contributed by atoms with E-state index in [0.29, 0.717) is 37.1 Å². The molecule has 0 aliphatic carbocycles. The van der Waals surface area contributed by atoms with Gasteiger partial charge in [0, 0.05) is 31.1 Å². The average molecular weight is 400 g/mol. The van der Waals surface area contributed by atoms with Gasteiger partial charge in [-0.1, -0.05) is 26.0 Å². The summed E-state index contributed by atoms with van der Waals surface area (Å²) in [6, 6.07) is 8.93. The summed E-state index contributed by atoms with van der Waals surface area (Å²) in [6.45, 7) is 5.38. The maximum atomic E-state index is 13.0. The minimum atomic E-state index is -0.395. The van der Waals surface area contributed by atoms with Crippen molar-refractivity contribution in [3.8, 4) is 11.5 Å². The lowest BCUT2D eigenvalue weighted by Gasteiger charge is -2.22. The molecule has 0 radical (unpaired) electrons. The Balaban J connectivity index is 1.93. The lowest BCUT2D eigenvalue weighted by Crippen LogP contribution is -2.37. The Morgan fingerprint density at radius 3 is 2.59 bits per heavy atom. The van der Waals surface area contributed by atoms with Crippen molar-refractivity contribution >= 4 is 11.8 Å². The first-order chi connectivity index (χ1) is 14.0. The SMILES string of the molecule is COc1cccc([C@H]2CN(C(=O)c3ccco3)C[C@@H]2C(=O)NCC(C)C)c1OC. The summed E-state index contributed by atoms with van der Waals surface area (Å²) in [6.07, 6.45) is 1.47. The molecule has 7 nitrogen and oxygen atoms in total. The first-order valence-electron chi connectivity index (χ1n) is 9.77. The third-order valence-corrected chi connectivity index (χ3v) is 5.19. The van der Waals surface area contributed by atoms with Crippen molar-refractivity contribution in [3.63, 3.8) is 0 Å². The Hall–Kier alpha value is -2.96. The second-order valence-corrected chi connectivity index (χ2v) is 7.62. The summed E-state index contributed by atoms with van der Waals surface area (Å²) in [4.78, 5) is 27.5. The molecule has 1 aliphatic rings. The smallest absolute Gasteiger partial charge is 0.289 e. The number of benzene rings is 1. The molecule has 0 spiro atoms. The summed E-state index contributed by atoms with van der Waals surface area (Å²) < 4.78 is 16.3. The van der Waals surface area contributed by atoms with Crippen LogP contribution in [0, 0.1) is 11.8 Å². The van der Waals surface area contributed by atoms with Gasteiger partial charge in [-0.15, -0.1) is 0 Å². The molecule has 29 heavy (non-hydrogen) atoms. The Bertz CT molecular complexity index is 847. The monoisotopic (exact) mass is 400 g/mol. The number of ether oxygens (including phenoxy) is 2. The van der Waals surface area contributed by atoms with Crippen LogP contribution in [-0.2, 0) is 4.79 Å². The summed E-state index contributed by atoms with van der Waals surface area (Å²) in [7, 11) is 3.16. The third-order valence-electron chi connectivity index (χ3n) is 5.19. The molecular weight excluding hydrogens is 372 g/mol. The molecule has 2 heterocycles. The third kappa shape index (κ3) is 4.39. The highest BCUT2D eigenvalue weighted by Crippen LogP contribution is 2.42. The fourth-order valence-electron chi connectivity index (χ4n) is 3.75. The first kappa shape index (κ1) is 20.8. The van der Waals surface area contributed by atoms with Crippen LogP contribution in [-0.4, -0.2) is 50.6 Å². The Morgan fingerprint density at radius 1 is 1.17 bits per heavy atom. The number of furan rings is 1. The maximum absolute atomic E-state index is 13.0. The van der Waals surface area contributed by atoms with Crippen molar-refractivity contribution in [1.29, 1.82) is 0 Å². The van der Waals surface area contributed by atoms with Crippen LogP contribution in [0.3, 0.4) is 0 Å². The Kier molecular flexibility index (Phi) is 6.46. The van der Waals surface area contributed by atoms with Crippen LogP contribution >= 0.6 is 0 Å². The molecule has 2 amide bonds. The molecule has 0 bridgehead atoms. The van der Waals surface area contributed by atoms with Gasteiger partial charge < -0.3 is 24.1 Å². The van der Waals surface area contributed by atoms with Gasteiger partial charge in [-0.3, -0.25) is 9.59 Å². The fraction of sp³-hybridized carbons (Fsp3) is 0.455. The highest BCUT2D eigenvalue weighted by atomic mass is 16.5. The van der Waals surface area contributed by atoms with E-state index in [1.165, 1.54) is 6.26 Å². The standard InChI is InChI=1S/C22H28N2O5/c1-14(2)11-23-21(25)17-13-24(22(26)19-9-6-10-29-19)12-16(17)15-7-5-8-18(27-3)20(15)28-4/h5-10,14,16-17H,11-13H2,1-4H3,(H,23,25)/t16-,17+/m1/s1. The number of hydrogen-bond acceptors (Lipinski definition) is 5. The average Bonchev–Trinajstić information content (AvgIpc) is 3.40. The molecule has 156 valence electrons. The Morgan fingerprint density at radius 2 is 1.97 bits per heavy atom. The van der Waals surface area contributed by atoms with Crippen molar-refractivity contribution < 1.29 is 23.5 Å². The molecular formula is C22H28N2O5. The van der Waals surface area contributed by atoms with Crippen molar-refractivity contribution in [2.45, 2.75) is 19.8 Å². The molecule has 0 saturated carbocycles. The molecule has 1 fully saturated rings. The second kappa shape index (κ2) is 9.03. The number of carbonyl (C=O) groups is 2. The van der Waals surface area contributed by atoms with Crippen LogP contribution in [0.25, 0.3) is 0 Å². The van der Waals surface area contributed by atoms with Crippen LogP contribution < -0.4 is 14.8 Å². The molecule has 2 aromatic rings. The van der Waals surface area contributed by atoms with Gasteiger partial charge >= 0.3 is 0 Å². The number of hydrogen-bond donors (Lipinski definition) is 1. The minimum Gasteiger partial charge on any atom is -0.493 e. The highest BCUT2D eigenvalue weighted by Gasteiger charge is 2.42. The molecule has 7 heteroatoms. The minimum absolute atomic E-state index is 0.0664. The number of rotatable bonds is 7. The van der Waals surface area contributed by atoms with Gasteiger partial charge in [0.05, 0.1) is 26.4 Å². The van der Waals surface area contributed by atoms with E-state index in [4.69, 9.17) is 13.9 Å². The largest absolute Gasteiger partial charge is 0.493 e. The second-order valence-electron chi connectivity index (χ2n) is 7.62. The lowest BCUT2D eigenvalue weighted by molar-refractivity contribution is -0.125. The number of para-hydroxylation sites is 1. The van der Waals surface area contributed by atoms with Gasteiger partial charge in [-0.25, -0.2) is 0 Å². The summed E-state index contributed by atoms with van der Waals surface area (Å²) in [5.41, 5.74) is 0.853. The summed E-state index contributed by atoms with van der Waals surface area (Å²) >= 11 is 0. The van der Waals surface area contributed by atoms with Crippen molar-refractivity contribution in [3.05, 3.63) is 47.9 Å². The number of methoxy groups -OCH3 is 2. The topological polar surface area (TPSA) is 81.0 Å². The molecule has 1 N–H and O–H groups in total. The summed E-state index contributed by atoms with van der Waals surface area (Å²) in [5, 5.41) is 3.01. The number of amides is 2. The molecule has 3 rings (SSSR count). The van der Waals surface area contributed by atoms with E-state index >= 15 is 0 Å². The first-order valence-corrected chi connectivity index (χ1v) is 9.77. The van der Waals surface area contributed by atoms with Crippen molar-refractivity contribution in [2.75, 3.05) is 33.9 Å². The molecule has 1 saturated heterocycles. The molecule has 1 aromatic carbocycles. The van der Waals surface area contributed by atoms with Crippen molar-refractivity contribution in [1.82, 2.24) is 10.2 Å². The molecule has 1 aromatic heterocycles. The molecule has 1 aliphatic heterocycles. The predicted molar refractivity (Wildman–Crippen MR) is 108 cm³/mol. The Labute approximate surface area is 171 Å².